The third kappa shape index (κ3) is 5.95. The van der Waals surface area contributed by atoms with Crippen LogP contribution in [-0.2, 0) is 5.41 Å². The monoisotopic (exact) mass is 802 g/mol. The van der Waals surface area contributed by atoms with Crippen LogP contribution in [0.3, 0.4) is 0 Å². The number of hydrogen-bond acceptors (Lipinski definition) is 1. The summed E-state index contributed by atoms with van der Waals surface area (Å²) in [7, 11) is 0. The minimum absolute atomic E-state index is 0.455. The molecule has 0 unspecified atom stereocenters. The molecule has 2 nitrogen and oxygen atoms in total. The molecule has 1 heterocycles. The van der Waals surface area contributed by atoms with Crippen molar-refractivity contribution in [2.24, 2.45) is 0 Å². The molecule has 63 heavy (non-hydrogen) atoms. The standard InChI is InChI=1S/C61H42N2/c1-3-16-43(17-4-1)46-18-15-21-52(42-46)62(49-36-30-44(31-37-49)45-32-38-51(39-33-45)63-59-28-13-9-24-55(59)56-25-10-14-29-60(56)63)50-40-34-48(35-41-50)61(47-19-5-2-6-20-47)57-26-11-7-22-53(57)54-23-8-12-27-58(54)61/h1-42H. The fourth-order valence-corrected chi connectivity index (χ4v) is 10.3. The van der Waals surface area contributed by atoms with Gasteiger partial charge in [0, 0.05) is 33.5 Å². The molecule has 0 saturated heterocycles. The van der Waals surface area contributed by atoms with E-state index in [9.17, 15) is 0 Å². The summed E-state index contributed by atoms with van der Waals surface area (Å²) in [6, 6.07) is 93.1. The molecular weight excluding hydrogens is 761 g/mol. The zero-order valence-electron chi connectivity index (χ0n) is 34.6. The first-order chi connectivity index (χ1) is 31.3. The summed E-state index contributed by atoms with van der Waals surface area (Å²) in [6.07, 6.45) is 0. The van der Waals surface area contributed by atoms with E-state index in [2.05, 4.69) is 264 Å². The van der Waals surface area contributed by atoms with Crippen molar-refractivity contribution in [2.45, 2.75) is 5.41 Å². The maximum atomic E-state index is 2.39. The highest BCUT2D eigenvalue weighted by molar-refractivity contribution is 6.09. The molecule has 0 spiro atoms. The summed E-state index contributed by atoms with van der Waals surface area (Å²) in [4.78, 5) is 2.39. The molecular formula is C61H42N2. The van der Waals surface area contributed by atoms with Crippen molar-refractivity contribution >= 4 is 38.9 Å². The SMILES string of the molecule is c1ccc(-c2cccc(N(c3ccc(-c4ccc(-n5c6ccccc6c6ccccc65)cc4)cc3)c3ccc(C4(c5ccccc5)c5ccccc5-c5ccccc54)cc3)c2)cc1. The van der Waals surface area contributed by atoms with Crippen molar-refractivity contribution in [3.63, 3.8) is 0 Å². The number of benzene rings is 10. The molecule has 0 N–H and O–H groups in total. The average Bonchev–Trinajstić information content (AvgIpc) is 3.86. The second-order valence-electron chi connectivity index (χ2n) is 16.5. The van der Waals surface area contributed by atoms with Crippen molar-refractivity contribution in [3.05, 3.63) is 277 Å². The van der Waals surface area contributed by atoms with Gasteiger partial charge in [-0.2, -0.15) is 0 Å². The number of aromatic nitrogens is 1. The predicted molar refractivity (Wildman–Crippen MR) is 264 cm³/mol. The predicted octanol–water partition coefficient (Wildman–Crippen LogP) is 16.0. The van der Waals surface area contributed by atoms with E-state index < -0.39 is 5.41 Å². The molecule has 2 heteroatoms. The second-order valence-corrected chi connectivity index (χ2v) is 16.5. The molecule has 0 aliphatic heterocycles. The zero-order chi connectivity index (χ0) is 41.7. The maximum Gasteiger partial charge on any atom is 0.0713 e. The van der Waals surface area contributed by atoms with E-state index in [4.69, 9.17) is 0 Å². The number of rotatable bonds is 8. The summed E-state index contributed by atoms with van der Waals surface area (Å²) >= 11 is 0. The van der Waals surface area contributed by atoms with Crippen molar-refractivity contribution < 1.29 is 0 Å². The van der Waals surface area contributed by atoms with Crippen LogP contribution < -0.4 is 4.90 Å². The van der Waals surface area contributed by atoms with Gasteiger partial charge in [-0.15, -0.1) is 0 Å². The van der Waals surface area contributed by atoms with Gasteiger partial charge in [0.15, 0.2) is 0 Å². The minimum atomic E-state index is -0.455. The average molecular weight is 803 g/mol. The molecule has 10 aromatic carbocycles. The van der Waals surface area contributed by atoms with E-state index in [1.54, 1.807) is 0 Å². The Kier molecular flexibility index (Phi) is 8.76. The van der Waals surface area contributed by atoms with Gasteiger partial charge in [0.1, 0.15) is 0 Å². The molecule has 0 bridgehead atoms. The fraction of sp³-hybridized carbons (Fsp3) is 0.0164. The van der Waals surface area contributed by atoms with E-state index in [0.29, 0.717) is 0 Å². The van der Waals surface area contributed by atoms with Gasteiger partial charge < -0.3 is 9.47 Å². The molecule has 12 rings (SSSR count). The molecule has 0 saturated carbocycles. The summed E-state index contributed by atoms with van der Waals surface area (Å²) in [5.74, 6) is 0. The number of nitrogens with zero attached hydrogens (tertiary/aromatic N) is 2. The summed E-state index contributed by atoms with van der Waals surface area (Å²) in [5, 5.41) is 2.54. The van der Waals surface area contributed by atoms with Gasteiger partial charge in [-0.1, -0.05) is 194 Å². The van der Waals surface area contributed by atoms with Crippen molar-refractivity contribution in [1.82, 2.24) is 4.57 Å². The van der Waals surface area contributed by atoms with Crippen LogP contribution in [0.15, 0.2) is 255 Å². The number of para-hydroxylation sites is 2. The Labute approximate surface area is 368 Å². The zero-order valence-corrected chi connectivity index (χ0v) is 34.6. The quantitative estimate of drug-likeness (QED) is 0.149. The van der Waals surface area contributed by atoms with E-state index in [-0.39, 0.29) is 0 Å². The smallest absolute Gasteiger partial charge is 0.0713 e. The molecule has 0 amide bonds. The lowest BCUT2D eigenvalue weighted by Crippen LogP contribution is -2.28. The molecule has 1 aliphatic carbocycles. The lowest BCUT2D eigenvalue weighted by molar-refractivity contribution is 0.768. The third-order valence-corrected chi connectivity index (χ3v) is 13.1. The van der Waals surface area contributed by atoms with Gasteiger partial charge in [-0.3, -0.25) is 0 Å². The molecule has 1 aliphatic rings. The molecule has 1 aromatic heterocycles. The van der Waals surface area contributed by atoms with E-state index >= 15 is 0 Å². The van der Waals surface area contributed by atoms with Crippen molar-refractivity contribution in [1.29, 1.82) is 0 Å². The molecule has 0 fully saturated rings. The van der Waals surface area contributed by atoms with Gasteiger partial charge in [0.05, 0.1) is 16.4 Å². The van der Waals surface area contributed by atoms with Crippen LogP contribution in [0.4, 0.5) is 17.1 Å². The van der Waals surface area contributed by atoms with E-state index in [0.717, 1.165) is 22.7 Å². The van der Waals surface area contributed by atoms with E-state index in [1.165, 1.54) is 77.4 Å². The number of anilines is 3. The Hall–Kier alpha value is -8.20. The lowest BCUT2D eigenvalue weighted by atomic mass is 9.68. The molecule has 0 radical (unpaired) electrons. The van der Waals surface area contributed by atoms with Crippen LogP contribution in [0.25, 0.3) is 60.9 Å². The highest BCUT2D eigenvalue weighted by atomic mass is 15.1. The topological polar surface area (TPSA) is 8.17 Å². The van der Waals surface area contributed by atoms with Crippen molar-refractivity contribution in [2.75, 3.05) is 4.90 Å². The summed E-state index contributed by atoms with van der Waals surface area (Å²) in [6.45, 7) is 0. The summed E-state index contributed by atoms with van der Waals surface area (Å²) < 4.78 is 2.37. The van der Waals surface area contributed by atoms with Gasteiger partial charge >= 0.3 is 0 Å². The van der Waals surface area contributed by atoms with Crippen LogP contribution in [0.5, 0.6) is 0 Å². The highest BCUT2D eigenvalue weighted by Crippen LogP contribution is 2.56. The normalized spacial score (nSPS) is 12.6. The Morgan fingerprint density at radius 2 is 0.746 bits per heavy atom. The van der Waals surface area contributed by atoms with Crippen LogP contribution in [0, 0.1) is 0 Å². The van der Waals surface area contributed by atoms with Gasteiger partial charge in [0.2, 0.25) is 0 Å². The lowest BCUT2D eigenvalue weighted by Gasteiger charge is -2.34. The Bertz CT molecular complexity index is 3320. The Morgan fingerprint density at radius 1 is 0.302 bits per heavy atom. The Balaban J connectivity index is 0.950. The van der Waals surface area contributed by atoms with Crippen LogP contribution in [-0.4, -0.2) is 4.57 Å². The van der Waals surface area contributed by atoms with Crippen LogP contribution in [0.1, 0.15) is 22.3 Å². The highest BCUT2D eigenvalue weighted by Gasteiger charge is 2.45. The molecule has 296 valence electrons. The van der Waals surface area contributed by atoms with Gasteiger partial charge in [0.25, 0.3) is 0 Å². The minimum Gasteiger partial charge on any atom is -0.310 e. The largest absolute Gasteiger partial charge is 0.310 e. The van der Waals surface area contributed by atoms with Crippen molar-refractivity contribution in [3.8, 4) is 39.1 Å². The van der Waals surface area contributed by atoms with Crippen LogP contribution in [0.2, 0.25) is 0 Å². The maximum absolute atomic E-state index is 2.39. The Morgan fingerprint density at radius 3 is 1.35 bits per heavy atom. The first-order valence-corrected chi connectivity index (χ1v) is 21.8. The van der Waals surface area contributed by atoms with Gasteiger partial charge in [-0.25, -0.2) is 0 Å². The van der Waals surface area contributed by atoms with Gasteiger partial charge in [-0.05, 0) is 116 Å². The number of fused-ring (bicyclic) bond motifs is 6. The molecule has 11 aromatic rings. The summed E-state index contributed by atoms with van der Waals surface area (Å²) in [5.41, 5.74) is 18.9. The second kappa shape index (κ2) is 15.1. The third-order valence-electron chi connectivity index (χ3n) is 13.1. The van der Waals surface area contributed by atoms with Crippen LogP contribution >= 0.6 is 0 Å². The molecule has 0 atom stereocenters. The van der Waals surface area contributed by atoms with E-state index in [1.807, 2.05) is 0 Å². The first kappa shape index (κ1) is 36.6. The number of hydrogen-bond donors (Lipinski definition) is 0. The fourth-order valence-electron chi connectivity index (χ4n) is 10.3. The first-order valence-electron chi connectivity index (χ1n) is 21.8.